The summed E-state index contributed by atoms with van der Waals surface area (Å²) in [5, 5.41) is 9.40. The highest BCUT2D eigenvalue weighted by atomic mass is 15.3. The first-order chi connectivity index (χ1) is 15.1. The molecular formula is C26H29N5. The molecule has 2 aromatic rings. The van der Waals surface area contributed by atoms with Crippen LogP contribution in [0.15, 0.2) is 60.3 Å². The second kappa shape index (κ2) is 9.18. The number of piperidine rings is 1. The van der Waals surface area contributed by atoms with Crippen LogP contribution in [0.1, 0.15) is 44.2 Å². The lowest BCUT2D eigenvalue weighted by Gasteiger charge is -2.28. The van der Waals surface area contributed by atoms with Crippen LogP contribution >= 0.6 is 0 Å². The number of nitrogens with zero attached hydrogens (tertiary/aromatic N) is 5. The van der Waals surface area contributed by atoms with Crippen molar-refractivity contribution in [1.29, 1.82) is 5.26 Å². The lowest BCUT2D eigenvalue weighted by molar-refractivity contribution is 0.568. The molecule has 5 nitrogen and oxygen atoms in total. The van der Waals surface area contributed by atoms with Crippen molar-refractivity contribution in [1.82, 2.24) is 9.97 Å². The van der Waals surface area contributed by atoms with Gasteiger partial charge in [0.15, 0.2) is 0 Å². The van der Waals surface area contributed by atoms with Gasteiger partial charge < -0.3 is 9.80 Å². The van der Waals surface area contributed by atoms with Crippen molar-refractivity contribution in [2.45, 2.75) is 39.5 Å². The number of rotatable bonds is 5. The lowest BCUT2D eigenvalue weighted by atomic mass is 10.0. The quantitative estimate of drug-likeness (QED) is 0.616. The third-order valence-electron chi connectivity index (χ3n) is 5.76. The molecule has 2 aliphatic heterocycles. The minimum absolute atomic E-state index is 0.649. The molecule has 3 heterocycles. The van der Waals surface area contributed by atoms with Gasteiger partial charge in [0.05, 0.1) is 17.3 Å². The van der Waals surface area contributed by atoms with E-state index in [4.69, 9.17) is 9.97 Å². The van der Waals surface area contributed by atoms with Crippen LogP contribution in [0.2, 0.25) is 0 Å². The Morgan fingerprint density at radius 3 is 2.65 bits per heavy atom. The van der Waals surface area contributed by atoms with Gasteiger partial charge in [0, 0.05) is 36.5 Å². The van der Waals surface area contributed by atoms with E-state index in [-0.39, 0.29) is 0 Å². The molecule has 4 rings (SSSR count). The molecule has 0 saturated carbocycles. The van der Waals surface area contributed by atoms with Crippen LogP contribution in [-0.2, 0) is 6.42 Å². The minimum Gasteiger partial charge on any atom is -0.341 e. The number of hydrogen-bond acceptors (Lipinski definition) is 5. The maximum absolute atomic E-state index is 9.40. The van der Waals surface area contributed by atoms with Crippen LogP contribution in [0.4, 0.5) is 11.8 Å². The molecule has 1 aromatic heterocycles. The van der Waals surface area contributed by atoms with Gasteiger partial charge in [-0.3, -0.25) is 0 Å². The highest BCUT2D eigenvalue weighted by molar-refractivity contribution is 5.75. The van der Waals surface area contributed by atoms with Crippen LogP contribution < -0.4 is 9.80 Å². The van der Waals surface area contributed by atoms with E-state index in [2.05, 4.69) is 42.4 Å². The fraction of sp³-hybridized carbons (Fsp3) is 0.346. The molecular weight excluding hydrogens is 382 g/mol. The van der Waals surface area contributed by atoms with Crippen LogP contribution in [-0.4, -0.2) is 29.6 Å². The summed E-state index contributed by atoms with van der Waals surface area (Å²) in [6.07, 6.45) is 10.5. The Kier molecular flexibility index (Phi) is 6.18. The first kappa shape index (κ1) is 20.9. The van der Waals surface area contributed by atoms with E-state index in [9.17, 15) is 5.26 Å². The molecule has 0 spiro atoms. The van der Waals surface area contributed by atoms with Gasteiger partial charge in [-0.1, -0.05) is 30.4 Å². The summed E-state index contributed by atoms with van der Waals surface area (Å²) in [6, 6.07) is 10.0. The van der Waals surface area contributed by atoms with E-state index in [1.54, 1.807) is 0 Å². The topological polar surface area (TPSA) is 56.1 Å². The van der Waals surface area contributed by atoms with E-state index in [0.29, 0.717) is 5.56 Å². The molecule has 1 fully saturated rings. The van der Waals surface area contributed by atoms with Crippen molar-refractivity contribution in [3.05, 3.63) is 71.5 Å². The van der Waals surface area contributed by atoms with Crippen LogP contribution in [0.3, 0.4) is 0 Å². The van der Waals surface area contributed by atoms with Crippen LogP contribution in [0.5, 0.6) is 0 Å². The van der Waals surface area contributed by atoms with E-state index < -0.39 is 0 Å². The smallest absolute Gasteiger partial charge is 0.227 e. The number of nitriles is 1. The molecule has 158 valence electrons. The fourth-order valence-corrected chi connectivity index (χ4v) is 4.34. The second-order valence-electron chi connectivity index (χ2n) is 8.37. The van der Waals surface area contributed by atoms with Crippen molar-refractivity contribution in [2.24, 2.45) is 0 Å². The third kappa shape index (κ3) is 4.39. The SMILES string of the molecule is C=C/C=C(\C=C(C)C)N1CCc2c(-c3cccc(C#N)c3)nc(N3CCCCC3)nc21. The molecule has 0 unspecified atom stereocenters. The summed E-state index contributed by atoms with van der Waals surface area (Å²) in [6.45, 7) is 10.9. The Bertz CT molecular complexity index is 1080. The zero-order valence-electron chi connectivity index (χ0n) is 18.4. The summed E-state index contributed by atoms with van der Waals surface area (Å²) in [5.41, 5.74) is 6.04. The number of benzene rings is 1. The Morgan fingerprint density at radius 1 is 1.13 bits per heavy atom. The van der Waals surface area contributed by atoms with Gasteiger partial charge in [-0.25, -0.2) is 4.98 Å². The van der Waals surface area contributed by atoms with Gasteiger partial charge >= 0.3 is 0 Å². The maximum atomic E-state index is 9.40. The van der Waals surface area contributed by atoms with Crippen molar-refractivity contribution >= 4 is 11.8 Å². The monoisotopic (exact) mass is 411 g/mol. The zero-order chi connectivity index (χ0) is 21.8. The zero-order valence-corrected chi connectivity index (χ0v) is 18.4. The molecule has 0 aliphatic carbocycles. The first-order valence-electron chi connectivity index (χ1n) is 11.0. The Balaban J connectivity index is 1.88. The molecule has 0 N–H and O–H groups in total. The van der Waals surface area contributed by atoms with Crippen molar-refractivity contribution < 1.29 is 0 Å². The number of allylic oxidation sites excluding steroid dienone is 4. The molecule has 31 heavy (non-hydrogen) atoms. The second-order valence-corrected chi connectivity index (χ2v) is 8.37. The van der Waals surface area contributed by atoms with Gasteiger partial charge in [-0.15, -0.1) is 0 Å². The van der Waals surface area contributed by atoms with Crippen molar-refractivity contribution in [2.75, 3.05) is 29.4 Å². The molecule has 2 aliphatic rings. The van der Waals surface area contributed by atoms with E-state index in [1.807, 2.05) is 36.4 Å². The molecule has 0 bridgehead atoms. The summed E-state index contributed by atoms with van der Waals surface area (Å²) in [4.78, 5) is 14.7. The average Bonchev–Trinajstić information content (AvgIpc) is 3.22. The highest BCUT2D eigenvalue weighted by Crippen LogP contribution is 2.38. The molecule has 0 amide bonds. The number of anilines is 2. The average molecular weight is 412 g/mol. The van der Waals surface area contributed by atoms with Gasteiger partial charge in [-0.05, 0) is 63.8 Å². The first-order valence-corrected chi connectivity index (χ1v) is 11.0. The fourth-order valence-electron chi connectivity index (χ4n) is 4.34. The number of hydrogen-bond donors (Lipinski definition) is 0. The lowest BCUT2D eigenvalue weighted by Crippen LogP contribution is -2.31. The van der Waals surface area contributed by atoms with E-state index in [0.717, 1.165) is 60.3 Å². The van der Waals surface area contributed by atoms with Gasteiger partial charge in [0.2, 0.25) is 5.95 Å². The third-order valence-corrected chi connectivity index (χ3v) is 5.76. The van der Waals surface area contributed by atoms with Crippen LogP contribution in [0, 0.1) is 11.3 Å². The number of aromatic nitrogens is 2. The normalized spacial score (nSPS) is 16.0. The summed E-state index contributed by atoms with van der Waals surface area (Å²) < 4.78 is 0. The largest absolute Gasteiger partial charge is 0.341 e. The molecule has 0 atom stereocenters. The summed E-state index contributed by atoms with van der Waals surface area (Å²) in [7, 11) is 0. The van der Waals surface area contributed by atoms with Gasteiger partial charge in [0.1, 0.15) is 5.82 Å². The van der Waals surface area contributed by atoms with Crippen molar-refractivity contribution in [3.63, 3.8) is 0 Å². The molecule has 5 heteroatoms. The minimum atomic E-state index is 0.649. The molecule has 1 aromatic carbocycles. The predicted molar refractivity (Wildman–Crippen MR) is 127 cm³/mol. The summed E-state index contributed by atoms with van der Waals surface area (Å²) in [5.74, 6) is 1.76. The maximum Gasteiger partial charge on any atom is 0.227 e. The van der Waals surface area contributed by atoms with E-state index >= 15 is 0 Å². The van der Waals surface area contributed by atoms with Crippen LogP contribution in [0.25, 0.3) is 11.3 Å². The van der Waals surface area contributed by atoms with Crippen molar-refractivity contribution in [3.8, 4) is 17.3 Å². The van der Waals surface area contributed by atoms with E-state index in [1.165, 1.54) is 24.8 Å². The predicted octanol–water partition coefficient (Wildman–Crippen LogP) is 5.40. The Morgan fingerprint density at radius 2 is 1.94 bits per heavy atom. The van der Waals surface area contributed by atoms with Gasteiger partial charge in [0.25, 0.3) is 0 Å². The molecule has 1 saturated heterocycles. The molecule has 0 radical (unpaired) electrons. The number of fused-ring (bicyclic) bond motifs is 1. The van der Waals surface area contributed by atoms with Gasteiger partial charge in [-0.2, -0.15) is 10.2 Å². The summed E-state index contributed by atoms with van der Waals surface area (Å²) >= 11 is 0. The Hall–Kier alpha value is -3.39. The standard InChI is InChI=1S/C26H29N5/c1-4-9-22(16-19(2)3)31-15-12-23-24(21-11-8-10-20(17-21)18-27)28-26(29-25(23)31)30-13-6-5-7-14-30/h4,8-11,16-17H,1,5-7,12-15H2,2-3H3/b22-9+. The highest BCUT2D eigenvalue weighted by Gasteiger charge is 2.29. The Labute approximate surface area is 185 Å².